The molecule has 2 aromatic rings. The number of rotatable bonds is 1. The van der Waals surface area contributed by atoms with Crippen LogP contribution in [0.2, 0.25) is 0 Å². The molecule has 2 N–H and O–H groups in total. The minimum absolute atomic E-state index is 0.279. The summed E-state index contributed by atoms with van der Waals surface area (Å²) in [4.78, 5) is 0. The molecule has 0 bridgehead atoms. The fourth-order valence-electron chi connectivity index (χ4n) is 1.70. The second-order valence-electron chi connectivity index (χ2n) is 3.57. The Morgan fingerprint density at radius 2 is 2.06 bits per heavy atom. The van der Waals surface area contributed by atoms with E-state index in [1.807, 2.05) is 12.1 Å². The van der Waals surface area contributed by atoms with Crippen molar-refractivity contribution in [2.24, 2.45) is 0 Å². The standard InChI is InChI=1S/C11H9BrN2O3/c12-10-6(7-5-9(13)17-14-7)1-2-8-11(10)16-4-3-15-8/h1-2,5H,3-4,13H2. The Balaban J connectivity index is 2.12. The van der Waals surface area contributed by atoms with Gasteiger partial charge in [-0.05, 0) is 28.1 Å². The van der Waals surface area contributed by atoms with Gasteiger partial charge in [0.05, 0.1) is 4.47 Å². The molecule has 5 nitrogen and oxygen atoms in total. The van der Waals surface area contributed by atoms with Gasteiger partial charge >= 0.3 is 0 Å². The fourth-order valence-corrected chi connectivity index (χ4v) is 2.34. The summed E-state index contributed by atoms with van der Waals surface area (Å²) in [5.74, 6) is 1.69. The Hall–Kier alpha value is -1.69. The number of nitrogens with two attached hydrogens (primary N) is 1. The molecule has 1 aliphatic heterocycles. The lowest BCUT2D eigenvalue weighted by Gasteiger charge is -2.20. The molecule has 0 saturated heterocycles. The van der Waals surface area contributed by atoms with Crippen molar-refractivity contribution in [2.75, 3.05) is 18.9 Å². The topological polar surface area (TPSA) is 70.5 Å². The van der Waals surface area contributed by atoms with Gasteiger partial charge in [-0.15, -0.1) is 0 Å². The highest BCUT2D eigenvalue weighted by Gasteiger charge is 2.19. The smallest absolute Gasteiger partial charge is 0.222 e. The Morgan fingerprint density at radius 1 is 1.24 bits per heavy atom. The molecule has 17 heavy (non-hydrogen) atoms. The molecule has 0 aliphatic carbocycles. The van der Waals surface area contributed by atoms with Crippen LogP contribution < -0.4 is 15.2 Å². The average Bonchev–Trinajstić information content (AvgIpc) is 2.77. The number of aromatic nitrogens is 1. The van der Waals surface area contributed by atoms with Crippen molar-refractivity contribution in [1.82, 2.24) is 5.16 Å². The zero-order valence-corrected chi connectivity index (χ0v) is 10.4. The highest BCUT2D eigenvalue weighted by atomic mass is 79.9. The second-order valence-corrected chi connectivity index (χ2v) is 4.36. The first-order valence-electron chi connectivity index (χ1n) is 5.06. The summed E-state index contributed by atoms with van der Waals surface area (Å²) in [5.41, 5.74) is 7.02. The molecule has 0 unspecified atom stereocenters. The molecule has 88 valence electrons. The molecule has 0 radical (unpaired) electrons. The van der Waals surface area contributed by atoms with Crippen molar-refractivity contribution in [3.8, 4) is 22.8 Å². The second kappa shape index (κ2) is 3.96. The third kappa shape index (κ3) is 1.74. The highest BCUT2D eigenvalue weighted by Crippen LogP contribution is 2.43. The Labute approximate surface area is 106 Å². The van der Waals surface area contributed by atoms with E-state index in [0.29, 0.717) is 24.7 Å². The maximum absolute atomic E-state index is 5.56. The summed E-state index contributed by atoms with van der Waals surface area (Å²) >= 11 is 3.49. The third-order valence-electron chi connectivity index (χ3n) is 2.45. The zero-order chi connectivity index (χ0) is 11.8. The Kier molecular flexibility index (Phi) is 2.44. The number of hydrogen-bond acceptors (Lipinski definition) is 5. The quantitative estimate of drug-likeness (QED) is 0.875. The monoisotopic (exact) mass is 296 g/mol. The molecule has 0 saturated carbocycles. The summed E-state index contributed by atoms with van der Waals surface area (Å²) in [7, 11) is 0. The lowest BCUT2D eigenvalue weighted by atomic mass is 10.1. The van der Waals surface area contributed by atoms with Gasteiger partial charge in [0, 0.05) is 11.6 Å². The summed E-state index contributed by atoms with van der Waals surface area (Å²) in [5, 5.41) is 3.87. The van der Waals surface area contributed by atoms with Crippen LogP contribution in [0.5, 0.6) is 11.5 Å². The van der Waals surface area contributed by atoms with Gasteiger partial charge in [0.25, 0.3) is 0 Å². The zero-order valence-electron chi connectivity index (χ0n) is 8.77. The molecule has 0 atom stereocenters. The van der Waals surface area contributed by atoms with Crippen LogP contribution in [0.25, 0.3) is 11.3 Å². The van der Waals surface area contributed by atoms with Gasteiger partial charge in [-0.1, -0.05) is 5.16 Å². The summed E-state index contributed by atoms with van der Waals surface area (Å²) in [6, 6.07) is 5.39. The number of fused-ring (bicyclic) bond motifs is 1. The van der Waals surface area contributed by atoms with E-state index in [1.165, 1.54) is 0 Å². The lowest BCUT2D eigenvalue weighted by Crippen LogP contribution is -2.15. The molecule has 2 heterocycles. The molecule has 1 aromatic carbocycles. The van der Waals surface area contributed by atoms with Gasteiger partial charge in [0.15, 0.2) is 11.5 Å². The Morgan fingerprint density at radius 3 is 2.82 bits per heavy atom. The molecule has 0 fully saturated rings. The van der Waals surface area contributed by atoms with E-state index in [0.717, 1.165) is 15.8 Å². The molecule has 0 amide bonds. The summed E-state index contributed by atoms with van der Waals surface area (Å²) in [6.45, 7) is 1.10. The van der Waals surface area contributed by atoms with E-state index >= 15 is 0 Å². The SMILES string of the molecule is Nc1cc(-c2ccc3c(c2Br)OCCO3)no1. The number of ether oxygens (including phenoxy) is 2. The summed E-state index contributed by atoms with van der Waals surface area (Å²) < 4.78 is 16.7. The largest absolute Gasteiger partial charge is 0.486 e. The number of nitrogen functional groups attached to an aromatic ring is 1. The van der Waals surface area contributed by atoms with E-state index in [1.54, 1.807) is 6.07 Å². The van der Waals surface area contributed by atoms with E-state index in [2.05, 4.69) is 21.1 Å². The van der Waals surface area contributed by atoms with Crippen LogP contribution in [0.15, 0.2) is 27.2 Å². The lowest BCUT2D eigenvalue weighted by molar-refractivity contribution is 0.170. The van der Waals surface area contributed by atoms with Crippen LogP contribution >= 0.6 is 15.9 Å². The van der Waals surface area contributed by atoms with Crippen LogP contribution in [-0.4, -0.2) is 18.4 Å². The van der Waals surface area contributed by atoms with Crippen LogP contribution in [-0.2, 0) is 0 Å². The molecule has 6 heteroatoms. The van der Waals surface area contributed by atoms with Gasteiger partial charge in [-0.3, -0.25) is 0 Å². The van der Waals surface area contributed by atoms with E-state index in [4.69, 9.17) is 19.7 Å². The fraction of sp³-hybridized carbons (Fsp3) is 0.182. The average molecular weight is 297 g/mol. The van der Waals surface area contributed by atoms with Crippen LogP contribution in [0.1, 0.15) is 0 Å². The van der Waals surface area contributed by atoms with Crippen molar-refractivity contribution in [3.05, 3.63) is 22.7 Å². The molecular formula is C11H9BrN2O3. The summed E-state index contributed by atoms with van der Waals surface area (Å²) in [6.07, 6.45) is 0. The van der Waals surface area contributed by atoms with E-state index in [9.17, 15) is 0 Å². The number of nitrogens with zero attached hydrogens (tertiary/aromatic N) is 1. The van der Waals surface area contributed by atoms with E-state index < -0.39 is 0 Å². The van der Waals surface area contributed by atoms with Gasteiger partial charge in [-0.2, -0.15) is 0 Å². The normalized spacial score (nSPS) is 13.7. The number of benzene rings is 1. The molecule has 1 aliphatic rings. The predicted molar refractivity (Wildman–Crippen MR) is 65.0 cm³/mol. The minimum atomic E-state index is 0.279. The Bertz CT molecular complexity index is 568. The van der Waals surface area contributed by atoms with Crippen molar-refractivity contribution >= 4 is 21.8 Å². The third-order valence-corrected chi connectivity index (χ3v) is 3.24. The minimum Gasteiger partial charge on any atom is -0.486 e. The van der Waals surface area contributed by atoms with Crippen molar-refractivity contribution in [3.63, 3.8) is 0 Å². The maximum Gasteiger partial charge on any atom is 0.222 e. The van der Waals surface area contributed by atoms with Gasteiger partial charge in [-0.25, -0.2) is 0 Å². The molecule has 1 aromatic heterocycles. The predicted octanol–water partition coefficient (Wildman–Crippen LogP) is 2.46. The van der Waals surface area contributed by atoms with Crippen molar-refractivity contribution < 1.29 is 14.0 Å². The highest BCUT2D eigenvalue weighted by molar-refractivity contribution is 9.10. The molecular weight excluding hydrogens is 288 g/mol. The van der Waals surface area contributed by atoms with Crippen LogP contribution in [0.3, 0.4) is 0 Å². The first-order chi connectivity index (χ1) is 8.25. The van der Waals surface area contributed by atoms with Crippen molar-refractivity contribution in [2.45, 2.75) is 0 Å². The van der Waals surface area contributed by atoms with Crippen LogP contribution in [0.4, 0.5) is 5.88 Å². The van der Waals surface area contributed by atoms with Crippen molar-refractivity contribution in [1.29, 1.82) is 0 Å². The maximum atomic E-state index is 5.56. The van der Waals surface area contributed by atoms with E-state index in [-0.39, 0.29) is 5.88 Å². The molecule has 3 rings (SSSR count). The van der Waals surface area contributed by atoms with Gasteiger partial charge in [0.2, 0.25) is 5.88 Å². The van der Waals surface area contributed by atoms with Gasteiger partial charge < -0.3 is 19.7 Å². The number of halogens is 1. The number of anilines is 1. The van der Waals surface area contributed by atoms with Crippen LogP contribution in [0, 0.1) is 0 Å². The van der Waals surface area contributed by atoms with Gasteiger partial charge in [0.1, 0.15) is 18.9 Å². The first kappa shape index (κ1) is 10.5. The molecule has 0 spiro atoms. The number of hydrogen-bond donors (Lipinski definition) is 1. The first-order valence-corrected chi connectivity index (χ1v) is 5.85.